The highest BCUT2D eigenvalue weighted by molar-refractivity contribution is 7.10. The van der Waals surface area contributed by atoms with Crippen molar-refractivity contribution in [3.8, 4) is 6.07 Å². The van der Waals surface area contributed by atoms with E-state index in [9.17, 15) is 0 Å². The Morgan fingerprint density at radius 3 is 3.27 bits per heavy atom. The van der Waals surface area contributed by atoms with E-state index in [1.54, 1.807) is 0 Å². The summed E-state index contributed by atoms with van der Waals surface area (Å²) >= 11 is 1.22. The standard InChI is InChI=1S/C9H12N4OS/c10-4-7-8(11)13-15-9(7)12-5-6-2-1-3-14-6/h6,12H,1-3,5H2,(H2,11,13). The van der Waals surface area contributed by atoms with Crippen molar-refractivity contribution in [2.75, 3.05) is 24.2 Å². The van der Waals surface area contributed by atoms with E-state index in [4.69, 9.17) is 15.7 Å². The molecule has 1 fully saturated rings. The van der Waals surface area contributed by atoms with Crippen LogP contribution < -0.4 is 11.1 Å². The molecule has 80 valence electrons. The van der Waals surface area contributed by atoms with Crippen LogP contribution in [0.1, 0.15) is 18.4 Å². The maximum atomic E-state index is 8.85. The number of nitrogen functional groups attached to an aromatic ring is 1. The molecule has 15 heavy (non-hydrogen) atoms. The fourth-order valence-electron chi connectivity index (χ4n) is 1.54. The van der Waals surface area contributed by atoms with Gasteiger partial charge in [-0.05, 0) is 24.4 Å². The molecule has 0 aromatic carbocycles. The molecule has 3 N–H and O–H groups in total. The molecule has 1 aliphatic heterocycles. The minimum Gasteiger partial charge on any atom is -0.382 e. The summed E-state index contributed by atoms with van der Waals surface area (Å²) in [6.07, 6.45) is 2.44. The van der Waals surface area contributed by atoms with Crippen LogP contribution in [0.2, 0.25) is 0 Å². The Bertz CT molecular complexity index is 378. The van der Waals surface area contributed by atoms with Crippen molar-refractivity contribution in [2.45, 2.75) is 18.9 Å². The molecule has 0 spiro atoms. The molecule has 0 radical (unpaired) electrons. The van der Waals surface area contributed by atoms with Crippen LogP contribution in [0.25, 0.3) is 0 Å². The number of rotatable bonds is 3. The van der Waals surface area contributed by atoms with Gasteiger partial charge >= 0.3 is 0 Å². The smallest absolute Gasteiger partial charge is 0.157 e. The molecular formula is C9H12N4OS. The number of aromatic nitrogens is 1. The molecule has 2 rings (SSSR count). The van der Waals surface area contributed by atoms with E-state index in [2.05, 4.69) is 9.69 Å². The van der Waals surface area contributed by atoms with Crippen LogP contribution in [-0.2, 0) is 4.74 Å². The topological polar surface area (TPSA) is 84.0 Å². The summed E-state index contributed by atoms with van der Waals surface area (Å²) in [6, 6.07) is 2.04. The first-order valence-corrected chi connectivity index (χ1v) is 5.59. The van der Waals surface area contributed by atoms with Gasteiger partial charge in [-0.3, -0.25) is 0 Å². The molecule has 1 saturated heterocycles. The highest BCUT2D eigenvalue weighted by Gasteiger charge is 2.17. The maximum absolute atomic E-state index is 8.85. The Morgan fingerprint density at radius 2 is 2.60 bits per heavy atom. The van der Waals surface area contributed by atoms with Crippen molar-refractivity contribution in [1.82, 2.24) is 4.37 Å². The summed E-state index contributed by atoms with van der Waals surface area (Å²) in [5.41, 5.74) is 5.98. The Balaban J connectivity index is 1.95. The second-order valence-electron chi connectivity index (χ2n) is 3.40. The lowest BCUT2D eigenvalue weighted by Gasteiger charge is -2.09. The fraction of sp³-hybridized carbons (Fsp3) is 0.556. The summed E-state index contributed by atoms with van der Waals surface area (Å²) in [5.74, 6) is 0.303. The number of hydrogen-bond acceptors (Lipinski definition) is 6. The summed E-state index contributed by atoms with van der Waals surface area (Å²) in [5, 5.41) is 12.7. The lowest BCUT2D eigenvalue weighted by molar-refractivity contribution is 0.120. The van der Waals surface area contributed by atoms with E-state index in [1.807, 2.05) is 6.07 Å². The van der Waals surface area contributed by atoms with Crippen molar-refractivity contribution in [3.05, 3.63) is 5.56 Å². The largest absolute Gasteiger partial charge is 0.382 e. The van der Waals surface area contributed by atoms with E-state index in [0.717, 1.165) is 31.0 Å². The minimum absolute atomic E-state index is 0.250. The van der Waals surface area contributed by atoms with Gasteiger partial charge < -0.3 is 15.8 Å². The number of anilines is 2. The predicted molar refractivity (Wildman–Crippen MR) is 58.7 cm³/mol. The normalized spacial score (nSPS) is 20.1. The van der Waals surface area contributed by atoms with E-state index in [1.165, 1.54) is 11.5 Å². The summed E-state index contributed by atoms with van der Waals surface area (Å²) in [6.45, 7) is 1.55. The van der Waals surface area contributed by atoms with Gasteiger partial charge in [0.15, 0.2) is 5.82 Å². The number of nitrogens with zero attached hydrogens (tertiary/aromatic N) is 2. The van der Waals surface area contributed by atoms with Gasteiger partial charge in [-0.1, -0.05) is 0 Å². The average molecular weight is 224 g/mol. The SMILES string of the molecule is N#Cc1c(N)nsc1NCC1CCCO1. The molecule has 1 aliphatic rings. The van der Waals surface area contributed by atoms with Crippen LogP contribution in [0.4, 0.5) is 10.8 Å². The summed E-state index contributed by atoms with van der Waals surface area (Å²) in [7, 11) is 0. The van der Waals surface area contributed by atoms with Gasteiger partial charge in [0.2, 0.25) is 0 Å². The molecule has 1 unspecified atom stereocenters. The van der Waals surface area contributed by atoms with E-state index < -0.39 is 0 Å². The molecule has 5 nitrogen and oxygen atoms in total. The first-order valence-electron chi connectivity index (χ1n) is 4.82. The molecule has 6 heteroatoms. The first-order chi connectivity index (χ1) is 7.31. The second-order valence-corrected chi connectivity index (χ2v) is 4.17. The maximum Gasteiger partial charge on any atom is 0.157 e. The molecule has 0 bridgehead atoms. The Kier molecular flexibility index (Phi) is 3.04. The Hall–Kier alpha value is -1.32. The van der Waals surface area contributed by atoms with Gasteiger partial charge in [-0.25, -0.2) is 0 Å². The Labute approximate surface area is 92.0 Å². The van der Waals surface area contributed by atoms with Gasteiger partial charge in [0, 0.05) is 13.2 Å². The molecular weight excluding hydrogens is 212 g/mol. The number of nitriles is 1. The van der Waals surface area contributed by atoms with Crippen LogP contribution in [-0.4, -0.2) is 23.6 Å². The van der Waals surface area contributed by atoms with Crippen LogP contribution in [0.5, 0.6) is 0 Å². The predicted octanol–water partition coefficient (Wildman–Crippen LogP) is 1.19. The van der Waals surface area contributed by atoms with Gasteiger partial charge in [-0.15, -0.1) is 0 Å². The van der Waals surface area contributed by atoms with Gasteiger partial charge in [0.25, 0.3) is 0 Å². The van der Waals surface area contributed by atoms with Crippen LogP contribution in [0, 0.1) is 11.3 Å². The second kappa shape index (κ2) is 4.47. The van der Waals surface area contributed by atoms with E-state index in [0.29, 0.717) is 11.4 Å². The average Bonchev–Trinajstić information content (AvgIpc) is 2.84. The lowest BCUT2D eigenvalue weighted by atomic mass is 10.2. The highest BCUT2D eigenvalue weighted by Crippen LogP contribution is 2.26. The quantitative estimate of drug-likeness (QED) is 0.805. The molecule has 1 atom stereocenters. The molecule has 0 aliphatic carbocycles. The summed E-state index contributed by atoms with van der Waals surface area (Å²) in [4.78, 5) is 0. The third kappa shape index (κ3) is 2.19. The van der Waals surface area contributed by atoms with Gasteiger partial charge in [-0.2, -0.15) is 9.64 Å². The number of hydrogen-bond donors (Lipinski definition) is 2. The number of nitrogens with two attached hydrogens (primary N) is 1. The third-order valence-corrected chi connectivity index (χ3v) is 3.16. The summed E-state index contributed by atoms with van der Waals surface area (Å²) < 4.78 is 9.39. The van der Waals surface area contributed by atoms with E-state index >= 15 is 0 Å². The monoisotopic (exact) mass is 224 g/mol. The van der Waals surface area contributed by atoms with Crippen LogP contribution >= 0.6 is 11.5 Å². The van der Waals surface area contributed by atoms with Crippen molar-refractivity contribution in [3.63, 3.8) is 0 Å². The zero-order valence-corrected chi connectivity index (χ0v) is 9.01. The zero-order chi connectivity index (χ0) is 10.7. The molecule has 1 aromatic rings. The first kappa shape index (κ1) is 10.2. The van der Waals surface area contributed by atoms with Crippen molar-refractivity contribution in [2.24, 2.45) is 0 Å². The Morgan fingerprint density at radius 1 is 1.73 bits per heavy atom. The number of ether oxygens (including phenoxy) is 1. The zero-order valence-electron chi connectivity index (χ0n) is 8.19. The molecule has 1 aromatic heterocycles. The van der Waals surface area contributed by atoms with Crippen molar-refractivity contribution in [1.29, 1.82) is 5.26 Å². The van der Waals surface area contributed by atoms with Gasteiger partial charge in [0.1, 0.15) is 16.6 Å². The molecule has 0 amide bonds. The van der Waals surface area contributed by atoms with Gasteiger partial charge in [0.05, 0.1) is 6.10 Å². The lowest BCUT2D eigenvalue weighted by Crippen LogP contribution is -2.18. The highest BCUT2D eigenvalue weighted by atomic mass is 32.1. The van der Waals surface area contributed by atoms with Crippen LogP contribution in [0.3, 0.4) is 0 Å². The van der Waals surface area contributed by atoms with Crippen LogP contribution in [0.15, 0.2) is 0 Å². The fourth-order valence-corrected chi connectivity index (χ4v) is 2.21. The van der Waals surface area contributed by atoms with E-state index in [-0.39, 0.29) is 6.10 Å². The molecule has 0 saturated carbocycles. The molecule has 2 heterocycles. The third-order valence-electron chi connectivity index (χ3n) is 2.34. The van der Waals surface area contributed by atoms with Crippen molar-refractivity contribution >= 4 is 22.4 Å². The minimum atomic E-state index is 0.250. The number of nitrogens with one attached hydrogen (secondary N) is 1. The van der Waals surface area contributed by atoms with Crippen molar-refractivity contribution < 1.29 is 4.74 Å².